The Labute approximate surface area is 351 Å². The molecular formula is C40H36ClF6N7O5S2. The first-order valence-electron chi connectivity index (χ1n) is 18.9. The van der Waals surface area contributed by atoms with Crippen molar-refractivity contribution in [2.75, 3.05) is 11.0 Å². The molecule has 3 atom stereocenters. The van der Waals surface area contributed by atoms with Gasteiger partial charge < -0.3 is 5.32 Å². The van der Waals surface area contributed by atoms with Gasteiger partial charge in [-0.1, -0.05) is 23.6 Å². The van der Waals surface area contributed by atoms with E-state index < -0.39 is 95.6 Å². The molecule has 12 nitrogen and oxygen atoms in total. The maximum Gasteiger partial charge on any atom is 0.293 e. The molecule has 5 aromatic rings. The predicted molar refractivity (Wildman–Crippen MR) is 213 cm³/mol. The van der Waals surface area contributed by atoms with Crippen LogP contribution in [0.15, 0.2) is 42.5 Å². The molecular weight excluding hydrogens is 872 g/mol. The number of rotatable bonds is 12. The fraction of sp³-hybridized carbons (Fsp3) is 0.400. The van der Waals surface area contributed by atoms with Gasteiger partial charge >= 0.3 is 0 Å². The number of carbonyl (C=O) groups excluding carboxylic acids is 1. The summed E-state index contributed by atoms with van der Waals surface area (Å²) in [6, 6.07) is 7.26. The standard InChI is InChI=1S/C40H36ClF6N7O5S2/c1-39(2,61(58,59)23-6-7-23)12-11-22-5-8-24(25-9-10-28(41)32-35(25)53(3)51-38(32)52-60(4,56)57)33(48-22)29(15-19-13-20(42)16-21(43)14-19)49-30(55)18-54-36-31(34(50-54)37(44)45)26-17-27(26)40(36,46)47/h5,8-10,13-14,16,23,26-27,29,37H,6-7,15,17-18H2,1-4H3,(H,49,55)(H,51,52)/t26-,27?,29-/m0/s1. The van der Waals surface area contributed by atoms with Crippen LogP contribution in [0.3, 0.4) is 0 Å². The number of sulfone groups is 1. The van der Waals surface area contributed by atoms with Gasteiger partial charge in [0.1, 0.15) is 40.0 Å². The number of halogens is 7. The van der Waals surface area contributed by atoms with Gasteiger partial charge in [-0.25, -0.2) is 39.4 Å². The lowest BCUT2D eigenvalue weighted by atomic mass is 9.93. The van der Waals surface area contributed by atoms with Crippen molar-refractivity contribution in [2.24, 2.45) is 13.0 Å². The molecule has 2 saturated carbocycles. The van der Waals surface area contributed by atoms with Crippen molar-refractivity contribution in [2.45, 2.75) is 80.4 Å². The molecule has 0 saturated heterocycles. The third-order valence-electron chi connectivity index (χ3n) is 11.1. The van der Waals surface area contributed by atoms with Crippen molar-refractivity contribution in [3.63, 3.8) is 0 Å². The maximum atomic E-state index is 15.5. The largest absolute Gasteiger partial charge is 0.346 e. The first-order valence-corrected chi connectivity index (χ1v) is 22.7. The van der Waals surface area contributed by atoms with Crippen molar-refractivity contribution < 1.29 is 48.0 Å². The number of nitrogens with zero attached hydrogens (tertiary/aromatic N) is 5. The average Bonchev–Trinajstić information content (AvgIpc) is 4.07. The molecule has 0 spiro atoms. The topological polar surface area (TPSA) is 158 Å². The number of hydrogen-bond donors (Lipinski definition) is 2. The lowest BCUT2D eigenvalue weighted by Gasteiger charge is -2.23. The molecule has 3 aliphatic rings. The van der Waals surface area contributed by atoms with E-state index in [2.05, 4.69) is 32.1 Å². The zero-order valence-corrected chi connectivity index (χ0v) is 35.1. The van der Waals surface area contributed by atoms with E-state index in [9.17, 15) is 39.2 Å². The number of alkyl halides is 4. The van der Waals surface area contributed by atoms with Crippen LogP contribution in [0.1, 0.15) is 85.4 Å². The highest BCUT2D eigenvalue weighted by Crippen LogP contribution is 2.68. The van der Waals surface area contributed by atoms with Crippen molar-refractivity contribution >= 4 is 54.1 Å². The summed E-state index contributed by atoms with van der Waals surface area (Å²) >= 11 is 6.61. The predicted octanol–water partition coefficient (Wildman–Crippen LogP) is 7.09. The molecule has 61 heavy (non-hydrogen) atoms. The summed E-state index contributed by atoms with van der Waals surface area (Å²) in [7, 11) is -6.03. The zero-order chi connectivity index (χ0) is 44.1. The van der Waals surface area contributed by atoms with E-state index in [1.54, 1.807) is 6.07 Å². The smallest absolute Gasteiger partial charge is 0.293 e. The van der Waals surface area contributed by atoms with Crippen LogP contribution in [-0.4, -0.2) is 63.5 Å². The molecule has 2 N–H and O–H groups in total. The van der Waals surface area contributed by atoms with Crippen LogP contribution in [0.5, 0.6) is 0 Å². The number of nitrogens with one attached hydrogen (secondary N) is 2. The summed E-state index contributed by atoms with van der Waals surface area (Å²) < 4.78 is 142. The maximum absolute atomic E-state index is 15.5. The molecule has 1 unspecified atom stereocenters. The SMILES string of the molecule is Cn1nc(NS(C)(=O)=O)c2c(Cl)ccc(-c3ccc(C#CC(C)(C)S(=O)(=O)C4CC4)nc3[C@H](Cc3cc(F)cc(F)c3)NC(=O)Cn3nc(C(F)F)c4c3C(F)(F)C3C[C@H]43)c21. The third-order valence-corrected chi connectivity index (χ3v) is 14.8. The van der Waals surface area contributed by atoms with Gasteiger partial charge in [-0.05, 0) is 87.3 Å². The van der Waals surface area contributed by atoms with Crippen LogP contribution >= 0.6 is 11.6 Å². The highest BCUT2D eigenvalue weighted by Gasteiger charge is 2.67. The fourth-order valence-corrected chi connectivity index (χ4v) is 10.6. The number of aromatic nitrogens is 5. The van der Waals surface area contributed by atoms with Crippen LogP contribution in [0.2, 0.25) is 5.02 Å². The Hall–Kier alpha value is -5.13. The quantitative estimate of drug-likeness (QED) is 0.0993. The van der Waals surface area contributed by atoms with E-state index in [0.717, 1.165) is 18.4 Å². The van der Waals surface area contributed by atoms with Gasteiger partial charge in [-0.2, -0.15) is 19.0 Å². The van der Waals surface area contributed by atoms with E-state index in [0.29, 0.717) is 29.2 Å². The summed E-state index contributed by atoms with van der Waals surface area (Å²) in [4.78, 5) is 18.8. The fourth-order valence-electron chi connectivity index (χ4n) is 8.09. The number of carbonyl (C=O) groups is 1. The van der Waals surface area contributed by atoms with Gasteiger partial charge in [0, 0.05) is 35.7 Å². The van der Waals surface area contributed by atoms with Crippen molar-refractivity contribution in [3.8, 4) is 23.0 Å². The number of anilines is 1. The molecule has 3 aromatic heterocycles. The lowest BCUT2D eigenvalue weighted by molar-refractivity contribution is -0.123. The van der Waals surface area contributed by atoms with E-state index in [1.165, 1.54) is 43.8 Å². The number of amides is 1. The first-order chi connectivity index (χ1) is 28.5. The van der Waals surface area contributed by atoms with Gasteiger partial charge in [0.05, 0.1) is 39.2 Å². The summed E-state index contributed by atoms with van der Waals surface area (Å²) in [5.74, 6) is -2.99. The molecule has 0 bridgehead atoms. The van der Waals surface area contributed by atoms with Crippen LogP contribution in [0.4, 0.5) is 32.2 Å². The normalized spacial score (nSPS) is 18.7. The summed E-state index contributed by atoms with van der Waals surface area (Å²) in [6.07, 6.45) is -1.66. The molecule has 1 amide bonds. The Morgan fingerprint density at radius 2 is 1.69 bits per heavy atom. The Morgan fingerprint density at radius 1 is 1.02 bits per heavy atom. The average molecular weight is 908 g/mol. The Bertz CT molecular complexity index is 2940. The second-order valence-electron chi connectivity index (χ2n) is 16.1. The van der Waals surface area contributed by atoms with E-state index >= 15 is 8.78 Å². The molecule has 21 heteroatoms. The molecule has 322 valence electrons. The Kier molecular flexibility index (Phi) is 10.3. The molecule has 0 radical (unpaired) electrons. The minimum Gasteiger partial charge on any atom is -0.346 e. The molecule has 0 aliphatic heterocycles. The molecule has 2 aromatic carbocycles. The number of pyridine rings is 1. The van der Waals surface area contributed by atoms with Gasteiger partial charge in [-0.15, -0.1) is 0 Å². The van der Waals surface area contributed by atoms with E-state index in [1.807, 2.05) is 0 Å². The van der Waals surface area contributed by atoms with Gasteiger partial charge in [0.2, 0.25) is 15.9 Å². The zero-order valence-electron chi connectivity index (χ0n) is 32.7. The van der Waals surface area contributed by atoms with E-state index in [4.69, 9.17) is 16.6 Å². The van der Waals surface area contributed by atoms with Crippen molar-refractivity contribution in [1.29, 1.82) is 0 Å². The van der Waals surface area contributed by atoms with Crippen molar-refractivity contribution in [1.82, 2.24) is 29.9 Å². The number of aryl methyl sites for hydroxylation is 1. The number of fused-ring (bicyclic) bond motifs is 4. The monoisotopic (exact) mass is 907 g/mol. The summed E-state index contributed by atoms with van der Waals surface area (Å²) in [5, 5.41) is 10.5. The summed E-state index contributed by atoms with van der Waals surface area (Å²) in [5.41, 5.74) is -1.11. The molecule has 3 aliphatic carbocycles. The van der Waals surface area contributed by atoms with Crippen LogP contribution < -0.4 is 10.0 Å². The highest BCUT2D eigenvalue weighted by molar-refractivity contribution is 7.93. The molecule has 8 rings (SSSR count). The Morgan fingerprint density at radius 3 is 2.33 bits per heavy atom. The van der Waals surface area contributed by atoms with Crippen molar-refractivity contribution in [3.05, 3.63) is 93.0 Å². The minimum absolute atomic E-state index is 0.00168. The highest BCUT2D eigenvalue weighted by atomic mass is 35.5. The van der Waals surface area contributed by atoms with Gasteiger partial charge in [0.15, 0.2) is 15.7 Å². The Balaban J connectivity index is 1.29. The van der Waals surface area contributed by atoms with Gasteiger partial charge in [-0.3, -0.25) is 18.9 Å². The third kappa shape index (κ3) is 7.84. The number of hydrogen-bond acceptors (Lipinski definition) is 8. The second-order valence-corrected chi connectivity index (χ2v) is 21.0. The molecule has 3 heterocycles. The minimum atomic E-state index is -3.86. The lowest BCUT2D eigenvalue weighted by Crippen LogP contribution is -2.35. The number of benzene rings is 2. The van der Waals surface area contributed by atoms with Crippen LogP contribution in [-0.2, 0) is 50.6 Å². The van der Waals surface area contributed by atoms with Crippen LogP contribution in [0.25, 0.3) is 22.0 Å². The summed E-state index contributed by atoms with van der Waals surface area (Å²) in [6.45, 7) is 1.96. The molecule has 2 fully saturated rings. The number of sulfonamides is 1. The first kappa shape index (κ1) is 42.6. The van der Waals surface area contributed by atoms with E-state index in [-0.39, 0.29) is 62.7 Å². The van der Waals surface area contributed by atoms with Crippen LogP contribution in [0, 0.1) is 29.4 Å². The second kappa shape index (κ2) is 14.8. The van der Waals surface area contributed by atoms with Gasteiger partial charge in [0.25, 0.3) is 12.3 Å².